The van der Waals surface area contributed by atoms with Gasteiger partial charge in [-0.05, 0) is 49.9 Å². The molecule has 8 N–H and O–H groups in total. The van der Waals surface area contributed by atoms with E-state index >= 15 is 0 Å². The smallest absolute Gasteiger partial charge is 0.310 e. The van der Waals surface area contributed by atoms with Gasteiger partial charge in [-0.2, -0.15) is 0 Å². The molecule has 0 fully saturated rings. The molecule has 0 saturated carbocycles. The van der Waals surface area contributed by atoms with Gasteiger partial charge in [-0.25, -0.2) is 0 Å². The van der Waals surface area contributed by atoms with Crippen molar-refractivity contribution < 1.29 is 50.4 Å². The minimum Gasteiger partial charge on any atom is -0.481 e. The van der Waals surface area contributed by atoms with Crippen LogP contribution in [0.25, 0.3) is 0 Å². The van der Waals surface area contributed by atoms with Crippen LogP contribution in [-0.4, -0.2) is 90.9 Å². The highest BCUT2D eigenvalue weighted by atomic mass is 16.4. The summed E-state index contributed by atoms with van der Waals surface area (Å²) < 4.78 is 0. The maximum Gasteiger partial charge on any atom is 0.310 e. The van der Waals surface area contributed by atoms with Gasteiger partial charge >= 0.3 is 11.9 Å². The molecule has 0 aromatic carbocycles. The third kappa shape index (κ3) is 34.5. The molecule has 0 spiro atoms. The second-order valence-corrected chi connectivity index (χ2v) is 17.4. The molecule has 55 heavy (non-hydrogen) atoms. The van der Waals surface area contributed by atoms with Gasteiger partial charge in [0.25, 0.3) is 0 Å². The normalized spacial score (nSPS) is 15.0. The van der Waals surface area contributed by atoms with Crippen LogP contribution in [0.5, 0.6) is 0 Å². The van der Waals surface area contributed by atoms with Gasteiger partial charge in [0.2, 0.25) is 0 Å². The minimum atomic E-state index is -1.64. The average molecular weight is 791 g/mol. The zero-order valence-electron chi connectivity index (χ0n) is 36.0. The highest BCUT2D eigenvalue weighted by Crippen LogP contribution is 2.44. The summed E-state index contributed by atoms with van der Waals surface area (Å²) in [5.41, 5.74) is -1.64. The molecule has 4 atom stereocenters. The molecule has 330 valence electrons. The molecule has 0 rings (SSSR count). The molecule has 0 heterocycles. The van der Waals surface area contributed by atoms with Gasteiger partial charge in [0.1, 0.15) is 0 Å². The SMILES string of the molecule is CC(C)CCCCCCCCCCCCC(CC(O)CO)C(CC(O)CO)(CC(O)CO)C(=O)O.CC(C)CCCCCCCCCCCCCCC(=O)O. The lowest BCUT2D eigenvalue weighted by molar-refractivity contribution is -0.161. The molecular formula is C45H90O10. The number of carboxylic acids is 2. The molecule has 0 aromatic heterocycles. The third-order valence-corrected chi connectivity index (χ3v) is 11.1. The number of aliphatic hydroxyl groups excluding tert-OH is 6. The number of rotatable bonds is 39. The predicted molar refractivity (Wildman–Crippen MR) is 224 cm³/mol. The third-order valence-electron chi connectivity index (χ3n) is 11.1. The second-order valence-electron chi connectivity index (χ2n) is 17.4. The lowest BCUT2D eigenvalue weighted by Gasteiger charge is -2.40. The average Bonchev–Trinajstić information content (AvgIpc) is 3.14. The molecule has 0 aliphatic heterocycles. The Bertz CT molecular complexity index is 840. The van der Waals surface area contributed by atoms with E-state index in [0.717, 1.165) is 50.4 Å². The van der Waals surface area contributed by atoms with Crippen LogP contribution in [0.1, 0.15) is 214 Å². The number of hydrogen-bond donors (Lipinski definition) is 8. The molecule has 0 aliphatic rings. The van der Waals surface area contributed by atoms with Crippen molar-refractivity contribution in [3.8, 4) is 0 Å². The topological polar surface area (TPSA) is 196 Å². The Labute approximate surface area is 336 Å². The molecule has 0 bridgehead atoms. The number of carbonyl (C=O) groups is 2. The van der Waals surface area contributed by atoms with Crippen molar-refractivity contribution >= 4 is 11.9 Å². The monoisotopic (exact) mass is 791 g/mol. The van der Waals surface area contributed by atoms with E-state index in [1.807, 2.05) is 0 Å². The number of hydrogen-bond acceptors (Lipinski definition) is 8. The van der Waals surface area contributed by atoms with E-state index in [1.165, 1.54) is 116 Å². The highest BCUT2D eigenvalue weighted by molar-refractivity contribution is 5.75. The zero-order valence-corrected chi connectivity index (χ0v) is 36.0. The van der Waals surface area contributed by atoms with Crippen LogP contribution in [-0.2, 0) is 9.59 Å². The zero-order chi connectivity index (χ0) is 41.7. The summed E-state index contributed by atoms with van der Waals surface area (Å²) in [5.74, 6) is -0.901. The first kappa shape index (κ1) is 55.8. The van der Waals surface area contributed by atoms with E-state index in [1.54, 1.807) is 0 Å². The Morgan fingerprint density at radius 2 is 0.727 bits per heavy atom. The predicted octanol–water partition coefficient (Wildman–Crippen LogP) is 9.43. The Morgan fingerprint density at radius 1 is 0.436 bits per heavy atom. The molecule has 0 aliphatic carbocycles. The molecule has 0 saturated heterocycles. The van der Waals surface area contributed by atoms with Crippen molar-refractivity contribution in [1.82, 2.24) is 0 Å². The number of carboxylic acid groups (broad SMARTS) is 2. The molecule has 10 nitrogen and oxygen atoms in total. The Morgan fingerprint density at radius 3 is 1.00 bits per heavy atom. The van der Waals surface area contributed by atoms with Gasteiger partial charge in [0.05, 0.1) is 43.5 Å². The van der Waals surface area contributed by atoms with Crippen molar-refractivity contribution in [2.75, 3.05) is 19.8 Å². The van der Waals surface area contributed by atoms with Crippen LogP contribution in [0.4, 0.5) is 0 Å². The Kier molecular flexibility index (Phi) is 38.8. The second kappa shape index (κ2) is 38.2. The van der Waals surface area contributed by atoms with Crippen LogP contribution in [0.15, 0.2) is 0 Å². The quantitative estimate of drug-likeness (QED) is 0.0278. The summed E-state index contributed by atoms with van der Waals surface area (Å²) in [7, 11) is 0. The lowest BCUT2D eigenvalue weighted by atomic mass is 9.64. The van der Waals surface area contributed by atoms with Crippen LogP contribution in [0.2, 0.25) is 0 Å². The minimum absolute atomic E-state index is 0.00406. The van der Waals surface area contributed by atoms with Crippen LogP contribution in [0.3, 0.4) is 0 Å². The van der Waals surface area contributed by atoms with Gasteiger partial charge in [-0.1, -0.05) is 175 Å². The van der Waals surface area contributed by atoms with E-state index in [9.17, 15) is 45.3 Å². The van der Waals surface area contributed by atoms with E-state index in [4.69, 9.17) is 5.11 Å². The van der Waals surface area contributed by atoms with Crippen molar-refractivity contribution in [1.29, 1.82) is 0 Å². The van der Waals surface area contributed by atoms with Gasteiger partial charge in [-0.15, -0.1) is 0 Å². The molecule has 0 aromatic rings. The molecule has 4 unspecified atom stereocenters. The fourth-order valence-electron chi connectivity index (χ4n) is 7.71. The van der Waals surface area contributed by atoms with Crippen LogP contribution >= 0.6 is 0 Å². The van der Waals surface area contributed by atoms with Gasteiger partial charge in [-0.3, -0.25) is 9.59 Å². The van der Waals surface area contributed by atoms with Crippen molar-refractivity contribution in [3.05, 3.63) is 0 Å². The lowest BCUT2D eigenvalue weighted by Crippen LogP contribution is -2.46. The van der Waals surface area contributed by atoms with Gasteiger partial charge in [0, 0.05) is 6.42 Å². The van der Waals surface area contributed by atoms with E-state index in [2.05, 4.69) is 27.7 Å². The summed E-state index contributed by atoms with van der Waals surface area (Å²) in [6.45, 7) is 7.36. The summed E-state index contributed by atoms with van der Waals surface area (Å²) >= 11 is 0. The van der Waals surface area contributed by atoms with Crippen molar-refractivity contribution in [2.24, 2.45) is 23.2 Å². The van der Waals surface area contributed by atoms with Crippen LogP contribution in [0, 0.1) is 23.2 Å². The highest BCUT2D eigenvalue weighted by Gasteiger charge is 2.48. The standard InChI is InChI=1S/C27H54O8.C18H36O2/c1-21(2)13-11-9-7-5-3-4-6-8-10-12-14-22(15-23(31)18-28)27(26(34)35,16-24(32)19-29)17-25(33)20-30;1-17(2)15-13-11-9-7-5-3-4-6-8-10-12-14-16-18(19)20/h21-25,28-33H,3-20H2,1-2H3,(H,34,35);17H,3-16H2,1-2H3,(H,19,20). The maximum atomic E-state index is 12.4. The summed E-state index contributed by atoms with van der Waals surface area (Å²) in [5, 5.41) is 76.9. The Balaban J connectivity index is 0. The van der Waals surface area contributed by atoms with Crippen molar-refractivity contribution in [3.63, 3.8) is 0 Å². The summed E-state index contributed by atoms with van der Waals surface area (Å²) in [6, 6.07) is 0. The first-order valence-electron chi connectivity index (χ1n) is 22.6. The van der Waals surface area contributed by atoms with E-state index < -0.39 is 61.4 Å². The van der Waals surface area contributed by atoms with Gasteiger partial charge < -0.3 is 40.9 Å². The largest absolute Gasteiger partial charge is 0.481 e. The number of unbranched alkanes of at least 4 members (excludes halogenated alkanes) is 20. The molecule has 10 heteroatoms. The van der Waals surface area contributed by atoms with E-state index in [-0.39, 0.29) is 19.3 Å². The molecular weight excluding hydrogens is 700 g/mol. The fourth-order valence-corrected chi connectivity index (χ4v) is 7.71. The molecule has 0 amide bonds. The summed E-state index contributed by atoms with van der Waals surface area (Å²) in [6.07, 6.45) is 26.0. The van der Waals surface area contributed by atoms with Crippen molar-refractivity contribution in [2.45, 2.75) is 232 Å². The van der Waals surface area contributed by atoms with Crippen LogP contribution < -0.4 is 0 Å². The molecule has 0 radical (unpaired) electrons. The first-order valence-corrected chi connectivity index (χ1v) is 22.6. The number of aliphatic hydroxyl groups is 6. The first-order chi connectivity index (χ1) is 26.2. The Hall–Kier alpha value is -1.30. The van der Waals surface area contributed by atoms with E-state index in [0.29, 0.717) is 12.8 Å². The fraction of sp³-hybridized carbons (Fsp3) is 0.956. The summed E-state index contributed by atoms with van der Waals surface area (Å²) in [4.78, 5) is 22.8. The number of aliphatic carboxylic acids is 2. The maximum absolute atomic E-state index is 12.4. The van der Waals surface area contributed by atoms with Gasteiger partial charge in [0.15, 0.2) is 0 Å².